The molecule has 76 heavy (non-hydrogen) atoms. The first kappa shape index (κ1) is 62.8. The highest BCUT2D eigenvalue weighted by molar-refractivity contribution is 5.82. The average Bonchev–Trinajstić information content (AvgIpc) is 3.33. The number of carbonyl (C=O) groups excluding carboxylic acids is 3. The number of carbonyl (C=O) groups is 4. The molecule has 3 unspecified atom stereocenters. The number of hydrogen-bond acceptors (Lipinski definition) is 11. The van der Waals surface area contributed by atoms with E-state index in [0.717, 1.165) is 55.9 Å². The highest BCUT2D eigenvalue weighted by Crippen LogP contribution is 2.30. The maximum atomic E-state index is 13.7. The number of carboxylic acids is 1. The molecule has 0 saturated heterocycles. The molecule has 0 saturated carbocycles. The molecule has 6 rings (SSSR count). The molecule has 0 radical (unpaired) electrons. The fraction of sp³-hybridized carbons (Fsp3) is 0.410. The van der Waals surface area contributed by atoms with E-state index >= 15 is 0 Å². The molecule has 15 nitrogen and oxygen atoms in total. The van der Waals surface area contributed by atoms with Crippen molar-refractivity contribution in [3.63, 3.8) is 0 Å². The zero-order valence-corrected chi connectivity index (χ0v) is 45.7. The zero-order chi connectivity index (χ0) is 55.5. The highest BCUT2D eigenvalue weighted by Gasteiger charge is 2.28. The summed E-state index contributed by atoms with van der Waals surface area (Å²) in [6, 6.07) is 23.8. The van der Waals surface area contributed by atoms with Gasteiger partial charge in [0.1, 0.15) is 12.1 Å². The van der Waals surface area contributed by atoms with Crippen LogP contribution in [0.2, 0.25) is 0 Å². The van der Waals surface area contributed by atoms with Crippen LogP contribution in [0.25, 0.3) is 22.5 Å². The van der Waals surface area contributed by atoms with Gasteiger partial charge in [0.15, 0.2) is 0 Å². The van der Waals surface area contributed by atoms with Crippen LogP contribution in [0.3, 0.4) is 0 Å². The number of carboxylic acid groups (broad SMARTS) is 1. The lowest BCUT2D eigenvalue weighted by molar-refractivity contribution is -0.144. The van der Waals surface area contributed by atoms with E-state index in [0.29, 0.717) is 19.4 Å². The van der Waals surface area contributed by atoms with Crippen molar-refractivity contribution in [2.24, 2.45) is 17.6 Å². The van der Waals surface area contributed by atoms with E-state index in [1.54, 1.807) is 50.8 Å². The van der Waals surface area contributed by atoms with Crippen LogP contribution in [-0.4, -0.2) is 61.2 Å². The van der Waals surface area contributed by atoms with Crippen LogP contribution in [0.15, 0.2) is 119 Å². The Morgan fingerprint density at radius 1 is 0.605 bits per heavy atom. The van der Waals surface area contributed by atoms with E-state index in [9.17, 15) is 28.8 Å². The molecular formula is C61H80N6O9. The molecule has 0 aliphatic heterocycles. The predicted molar refractivity (Wildman–Crippen MR) is 301 cm³/mol. The minimum absolute atomic E-state index is 0. The van der Waals surface area contributed by atoms with Crippen molar-refractivity contribution in [3.8, 4) is 22.5 Å². The molecule has 0 bridgehead atoms. The summed E-state index contributed by atoms with van der Waals surface area (Å²) in [5.41, 5.74) is 17.3. The van der Waals surface area contributed by atoms with Gasteiger partial charge in [0, 0.05) is 54.1 Å². The summed E-state index contributed by atoms with van der Waals surface area (Å²) in [7, 11) is 0. The third-order valence-corrected chi connectivity index (χ3v) is 12.4. The molecule has 1 amide bonds. The van der Waals surface area contributed by atoms with Crippen LogP contribution in [0, 0.1) is 53.4 Å². The number of ether oxygens (including phenoxy) is 2. The van der Waals surface area contributed by atoms with Crippen molar-refractivity contribution in [2.45, 2.75) is 140 Å². The van der Waals surface area contributed by atoms with Gasteiger partial charge in [-0.3, -0.25) is 33.9 Å². The van der Waals surface area contributed by atoms with Gasteiger partial charge in [-0.05, 0) is 161 Å². The Balaban J connectivity index is 0.000000330. The van der Waals surface area contributed by atoms with Gasteiger partial charge in [0.25, 0.3) is 11.1 Å². The molecule has 15 heteroatoms. The number of amides is 1. The van der Waals surface area contributed by atoms with Gasteiger partial charge >= 0.3 is 17.9 Å². The Hall–Kier alpha value is -7.52. The van der Waals surface area contributed by atoms with Gasteiger partial charge < -0.3 is 34.8 Å². The first-order valence-corrected chi connectivity index (χ1v) is 25.6. The van der Waals surface area contributed by atoms with Gasteiger partial charge in [-0.15, -0.1) is 0 Å². The van der Waals surface area contributed by atoms with Crippen LogP contribution in [0.5, 0.6) is 0 Å². The van der Waals surface area contributed by atoms with Crippen LogP contribution in [-0.2, 0) is 28.7 Å². The molecular weight excluding hydrogens is 961 g/mol. The molecule has 0 fully saturated rings. The Morgan fingerprint density at radius 3 is 1.43 bits per heavy atom. The predicted octanol–water partition coefficient (Wildman–Crippen LogP) is 11.0. The minimum Gasteiger partial charge on any atom is -0.480 e. The van der Waals surface area contributed by atoms with E-state index in [4.69, 9.17) is 20.3 Å². The summed E-state index contributed by atoms with van der Waals surface area (Å²) in [4.78, 5) is 82.3. The number of nitrogens with two attached hydrogens (primary N) is 1. The number of benzene rings is 2. The summed E-state index contributed by atoms with van der Waals surface area (Å²) in [6.45, 7) is 23.9. The lowest BCUT2D eigenvalue weighted by atomic mass is 9.96. The molecule has 4 heterocycles. The van der Waals surface area contributed by atoms with E-state index in [-0.39, 0.29) is 67.7 Å². The summed E-state index contributed by atoms with van der Waals surface area (Å²) in [5.74, 6) is -1.57. The van der Waals surface area contributed by atoms with Crippen molar-refractivity contribution >= 4 is 23.8 Å². The fourth-order valence-electron chi connectivity index (χ4n) is 8.74. The lowest BCUT2D eigenvalue weighted by Crippen LogP contribution is -2.40. The molecule has 6 aromatic rings. The number of hydrogen-bond donors (Lipinski definition) is 3. The number of aryl methyl sites for hydroxylation is 6. The maximum absolute atomic E-state index is 13.7. The third-order valence-electron chi connectivity index (χ3n) is 12.4. The SMILES string of the molecule is C.CCOC(=O)CC(N)c1ccnc(-c2c(C)cccc2C)c1.CCOC(=O)CC(NC(=O)C(CC(C)C)n1ccc(C)cc1=O)c1ccnc(-c2c(C)cccc2C)c1.Cc1ccn([C@@H](CC(C)C)C(=O)O)c(=O)c1. The highest BCUT2D eigenvalue weighted by atomic mass is 16.5. The number of nitrogens with one attached hydrogen (secondary N) is 1. The van der Waals surface area contributed by atoms with E-state index in [2.05, 4.69) is 41.3 Å². The summed E-state index contributed by atoms with van der Waals surface area (Å²) < 4.78 is 12.9. The second-order valence-corrected chi connectivity index (χ2v) is 19.7. The average molecular weight is 1040 g/mol. The Bertz CT molecular complexity index is 2970. The molecule has 0 spiro atoms. The Kier molecular flexibility index (Phi) is 24.9. The quantitative estimate of drug-likeness (QED) is 0.0646. The molecule has 0 aliphatic carbocycles. The van der Waals surface area contributed by atoms with Crippen molar-refractivity contribution in [1.82, 2.24) is 24.4 Å². The molecule has 0 aliphatic rings. The second-order valence-electron chi connectivity index (χ2n) is 19.7. The topological polar surface area (TPSA) is 215 Å². The molecule has 4 atom stereocenters. The molecule has 408 valence electrons. The van der Waals surface area contributed by atoms with Crippen LogP contribution in [0.1, 0.15) is 143 Å². The van der Waals surface area contributed by atoms with Crippen LogP contribution in [0.4, 0.5) is 0 Å². The number of rotatable bonds is 19. The van der Waals surface area contributed by atoms with Gasteiger partial charge in [0.2, 0.25) is 5.91 Å². The van der Waals surface area contributed by atoms with Gasteiger partial charge in [-0.1, -0.05) is 71.5 Å². The van der Waals surface area contributed by atoms with Crippen molar-refractivity contribution in [1.29, 1.82) is 0 Å². The number of nitrogens with zero attached hydrogens (tertiary/aromatic N) is 4. The normalized spacial score (nSPS) is 12.4. The lowest BCUT2D eigenvalue weighted by Gasteiger charge is -2.25. The first-order chi connectivity index (χ1) is 35.5. The van der Waals surface area contributed by atoms with Crippen LogP contribution >= 0.6 is 0 Å². The Labute approximate surface area is 448 Å². The number of aromatic nitrogens is 4. The standard InChI is InChI=1S/C30H37N3O4.C18H22N2O2.C12H17NO3.CH4/c1-7-37-28(35)18-24(23-11-13-31-25(17-23)29-21(5)9-8-10-22(29)6)32-30(36)26(15-19(2)3)33-14-12-20(4)16-27(33)34;1-4-22-17(21)11-15(19)14-8-9-20-16(10-14)18-12(2)6-5-7-13(18)3;1-8(2)6-10(12(15)16)13-5-4-9(3)7-11(13)14;/h8-14,16-17,19,24,26H,7,15,18H2,1-6H3,(H,32,36);5-10,15H,4,11,19H2,1-3H3;4-5,7-8,10H,6H2,1-3H3,(H,15,16);1H4/t;;10-;/m..0./s1. The van der Waals surface area contributed by atoms with Crippen molar-refractivity contribution in [2.75, 3.05) is 13.2 Å². The van der Waals surface area contributed by atoms with Crippen molar-refractivity contribution < 1.29 is 33.8 Å². The summed E-state index contributed by atoms with van der Waals surface area (Å²) in [6.07, 6.45) is 7.72. The molecule has 2 aromatic carbocycles. The monoisotopic (exact) mass is 1040 g/mol. The maximum Gasteiger partial charge on any atom is 0.326 e. The fourth-order valence-corrected chi connectivity index (χ4v) is 8.74. The van der Waals surface area contributed by atoms with E-state index in [1.807, 2.05) is 104 Å². The zero-order valence-electron chi connectivity index (χ0n) is 45.7. The molecule has 4 aromatic heterocycles. The van der Waals surface area contributed by atoms with Crippen LogP contribution < -0.4 is 22.2 Å². The van der Waals surface area contributed by atoms with Crippen molar-refractivity contribution in [3.05, 3.63) is 175 Å². The third kappa shape index (κ3) is 18.4. The van der Waals surface area contributed by atoms with E-state index in [1.165, 1.54) is 32.4 Å². The number of pyridine rings is 4. The Morgan fingerprint density at radius 2 is 1.01 bits per heavy atom. The minimum atomic E-state index is -0.959. The summed E-state index contributed by atoms with van der Waals surface area (Å²) in [5, 5.41) is 12.2. The second kappa shape index (κ2) is 30.1. The largest absolute Gasteiger partial charge is 0.480 e. The smallest absolute Gasteiger partial charge is 0.326 e. The number of esters is 2. The molecule has 4 N–H and O–H groups in total. The first-order valence-electron chi connectivity index (χ1n) is 25.6. The summed E-state index contributed by atoms with van der Waals surface area (Å²) >= 11 is 0. The van der Waals surface area contributed by atoms with Gasteiger partial charge in [-0.25, -0.2) is 4.79 Å². The van der Waals surface area contributed by atoms with Gasteiger partial charge in [0.05, 0.1) is 43.5 Å². The van der Waals surface area contributed by atoms with E-state index < -0.39 is 30.1 Å². The van der Waals surface area contributed by atoms with Gasteiger partial charge in [-0.2, -0.15) is 0 Å². The number of aliphatic carboxylic acids is 1.